The molecule has 1 aliphatic rings. The van der Waals surface area contributed by atoms with Gasteiger partial charge in [0.25, 0.3) is 0 Å². The molecular formula is C14H24N4S. The van der Waals surface area contributed by atoms with Crippen LogP contribution < -0.4 is 10.6 Å². The first-order chi connectivity index (χ1) is 9.11. The van der Waals surface area contributed by atoms with Crippen molar-refractivity contribution in [2.75, 3.05) is 29.2 Å². The highest BCUT2D eigenvalue weighted by Crippen LogP contribution is 2.26. The maximum atomic E-state index is 4.70. The molecule has 5 heteroatoms. The largest absolute Gasteiger partial charge is 0.373 e. The van der Waals surface area contributed by atoms with Crippen molar-refractivity contribution in [2.45, 2.75) is 45.6 Å². The van der Waals surface area contributed by atoms with Crippen molar-refractivity contribution in [3.8, 4) is 0 Å². The summed E-state index contributed by atoms with van der Waals surface area (Å²) in [6.07, 6.45) is 2.53. The van der Waals surface area contributed by atoms with Gasteiger partial charge in [0.15, 0.2) is 0 Å². The van der Waals surface area contributed by atoms with Crippen molar-refractivity contribution < 1.29 is 0 Å². The molecule has 2 heterocycles. The third-order valence-corrected chi connectivity index (χ3v) is 4.63. The van der Waals surface area contributed by atoms with E-state index in [1.807, 2.05) is 18.8 Å². The summed E-state index contributed by atoms with van der Waals surface area (Å²) >= 11 is 2.03. The lowest BCUT2D eigenvalue weighted by molar-refractivity contribution is 0.678. The quantitative estimate of drug-likeness (QED) is 0.886. The van der Waals surface area contributed by atoms with Crippen LogP contribution in [-0.4, -0.2) is 34.6 Å². The molecule has 0 bridgehead atoms. The molecule has 0 aromatic carbocycles. The average Bonchev–Trinajstić information content (AvgIpc) is 2.42. The van der Waals surface area contributed by atoms with Crippen LogP contribution in [-0.2, 0) is 0 Å². The topological polar surface area (TPSA) is 49.8 Å². The minimum absolute atomic E-state index is 0.342. The summed E-state index contributed by atoms with van der Waals surface area (Å²) in [5, 5.41) is 6.78. The molecule has 0 saturated carbocycles. The van der Waals surface area contributed by atoms with Crippen LogP contribution in [0.25, 0.3) is 0 Å². The van der Waals surface area contributed by atoms with E-state index in [1.54, 1.807) is 0 Å². The number of rotatable bonds is 4. The highest BCUT2D eigenvalue weighted by molar-refractivity contribution is 7.99. The zero-order valence-electron chi connectivity index (χ0n) is 12.3. The van der Waals surface area contributed by atoms with Crippen LogP contribution in [0.4, 0.5) is 11.6 Å². The lowest BCUT2D eigenvalue weighted by atomic mass is 10.1. The van der Waals surface area contributed by atoms with Gasteiger partial charge in [-0.2, -0.15) is 11.8 Å². The third-order valence-electron chi connectivity index (χ3n) is 3.42. The molecule has 0 aliphatic carbocycles. The minimum Gasteiger partial charge on any atom is -0.373 e. The van der Waals surface area contributed by atoms with Crippen LogP contribution in [0.5, 0.6) is 0 Å². The fraction of sp³-hybridized carbons (Fsp3) is 0.714. The summed E-state index contributed by atoms with van der Waals surface area (Å²) in [5.41, 5.74) is 1.11. The molecule has 1 saturated heterocycles. The Kier molecular flexibility index (Phi) is 4.91. The molecule has 0 radical (unpaired) electrons. The number of anilines is 2. The maximum Gasteiger partial charge on any atom is 0.135 e. The fourth-order valence-electron chi connectivity index (χ4n) is 2.22. The standard InChI is InChI=1S/C14H24N4S/c1-9(2)12-17-13(15-4)10(3)14(18-12)16-11-6-5-7-19-8-11/h9,11H,5-8H2,1-4H3,(H2,15,16,17,18). The lowest BCUT2D eigenvalue weighted by Gasteiger charge is -2.24. The first-order valence-electron chi connectivity index (χ1n) is 7.02. The van der Waals surface area contributed by atoms with Gasteiger partial charge in [-0.25, -0.2) is 9.97 Å². The SMILES string of the molecule is CNc1nc(C(C)C)nc(NC2CCCSC2)c1C. The van der Waals surface area contributed by atoms with Gasteiger partial charge in [0.1, 0.15) is 17.5 Å². The van der Waals surface area contributed by atoms with Crippen LogP contribution in [0, 0.1) is 6.92 Å². The Hall–Kier alpha value is -0.970. The Morgan fingerprint density at radius 2 is 2.00 bits per heavy atom. The molecule has 1 aliphatic heterocycles. The number of nitrogens with one attached hydrogen (secondary N) is 2. The van der Waals surface area contributed by atoms with E-state index < -0.39 is 0 Å². The van der Waals surface area contributed by atoms with Crippen LogP contribution in [0.15, 0.2) is 0 Å². The predicted octanol–water partition coefficient (Wildman–Crippen LogP) is 3.26. The molecule has 1 unspecified atom stereocenters. The number of thioether (sulfide) groups is 1. The Morgan fingerprint density at radius 1 is 1.26 bits per heavy atom. The first-order valence-corrected chi connectivity index (χ1v) is 8.18. The number of nitrogens with zero attached hydrogens (tertiary/aromatic N) is 2. The Bertz CT molecular complexity index is 428. The lowest BCUT2D eigenvalue weighted by Crippen LogP contribution is -2.27. The van der Waals surface area contributed by atoms with Crippen LogP contribution in [0.1, 0.15) is 44.0 Å². The molecule has 1 aromatic rings. The van der Waals surface area contributed by atoms with Gasteiger partial charge in [0, 0.05) is 30.3 Å². The second-order valence-corrected chi connectivity index (χ2v) is 6.52. The summed E-state index contributed by atoms with van der Waals surface area (Å²) < 4.78 is 0. The van der Waals surface area contributed by atoms with E-state index in [2.05, 4.69) is 36.4 Å². The van der Waals surface area contributed by atoms with E-state index in [0.29, 0.717) is 12.0 Å². The molecule has 0 amide bonds. The number of hydrogen-bond acceptors (Lipinski definition) is 5. The van der Waals surface area contributed by atoms with E-state index in [4.69, 9.17) is 4.98 Å². The second kappa shape index (κ2) is 6.46. The molecule has 1 atom stereocenters. The van der Waals surface area contributed by atoms with E-state index in [9.17, 15) is 0 Å². The van der Waals surface area contributed by atoms with Crippen molar-refractivity contribution in [2.24, 2.45) is 0 Å². The van der Waals surface area contributed by atoms with Crippen LogP contribution in [0.3, 0.4) is 0 Å². The molecule has 2 N–H and O–H groups in total. The van der Waals surface area contributed by atoms with Gasteiger partial charge in [-0.15, -0.1) is 0 Å². The van der Waals surface area contributed by atoms with E-state index in [0.717, 1.165) is 23.0 Å². The molecule has 106 valence electrons. The van der Waals surface area contributed by atoms with Gasteiger partial charge in [0.2, 0.25) is 0 Å². The average molecular weight is 280 g/mol. The van der Waals surface area contributed by atoms with Gasteiger partial charge in [-0.3, -0.25) is 0 Å². The van der Waals surface area contributed by atoms with Gasteiger partial charge >= 0.3 is 0 Å². The van der Waals surface area contributed by atoms with E-state index >= 15 is 0 Å². The van der Waals surface area contributed by atoms with E-state index in [1.165, 1.54) is 24.3 Å². The van der Waals surface area contributed by atoms with Gasteiger partial charge in [-0.05, 0) is 25.5 Å². The summed E-state index contributed by atoms with van der Waals surface area (Å²) in [5.74, 6) is 5.64. The molecular weight excluding hydrogens is 256 g/mol. The summed E-state index contributed by atoms with van der Waals surface area (Å²) in [6.45, 7) is 6.34. The summed E-state index contributed by atoms with van der Waals surface area (Å²) in [4.78, 5) is 9.28. The molecule has 0 spiro atoms. The normalized spacial score (nSPS) is 19.5. The van der Waals surface area contributed by atoms with Crippen molar-refractivity contribution >= 4 is 23.4 Å². The fourth-order valence-corrected chi connectivity index (χ4v) is 3.30. The van der Waals surface area contributed by atoms with Crippen LogP contribution in [0.2, 0.25) is 0 Å². The number of aromatic nitrogens is 2. The van der Waals surface area contributed by atoms with Gasteiger partial charge < -0.3 is 10.6 Å². The Morgan fingerprint density at radius 3 is 2.58 bits per heavy atom. The molecule has 4 nitrogen and oxygen atoms in total. The highest BCUT2D eigenvalue weighted by Gasteiger charge is 2.18. The number of hydrogen-bond donors (Lipinski definition) is 2. The summed E-state index contributed by atoms with van der Waals surface area (Å²) in [6, 6.07) is 0.539. The monoisotopic (exact) mass is 280 g/mol. The molecule has 19 heavy (non-hydrogen) atoms. The van der Waals surface area contributed by atoms with Gasteiger partial charge in [0.05, 0.1) is 0 Å². The van der Waals surface area contributed by atoms with Gasteiger partial charge in [-0.1, -0.05) is 13.8 Å². The summed E-state index contributed by atoms with van der Waals surface area (Å²) in [7, 11) is 1.92. The zero-order valence-corrected chi connectivity index (χ0v) is 13.1. The van der Waals surface area contributed by atoms with Crippen molar-refractivity contribution in [1.82, 2.24) is 9.97 Å². The molecule has 1 aromatic heterocycles. The smallest absolute Gasteiger partial charge is 0.135 e. The first kappa shape index (κ1) is 14.4. The third kappa shape index (κ3) is 3.53. The predicted molar refractivity (Wildman–Crippen MR) is 84.4 cm³/mol. The minimum atomic E-state index is 0.342. The molecule has 2 rings (SSSR count). The Balaban J connectivity index is 2.24. The molecule has 1 fully saturated rings. The highest BCUT2D eigenvalue weighted by atomic mass is 32.2. The Labute approximate surface area is 120 Å². The van der Waals surface area contributed by atoms with Crippen LogP contribution >= 0.6 is 11.8 Å². The van der Waals surface area contributed by atoms with Crippen molar-refractivity contribution in [3.63, 3.8) is 0 Å². The van der Waals surface area contributed by atoms with E-state index in [-0.39, 0.29) is 0 Å². The van der Waals surface area contributed by atoms with Crippen molar-refractivity contribution in [3.05, 3.63) is 11.4 Å². The zero-order chi connectivity index (χ0) is 13.8. The second-order valence-electron chi connectivity index (χ2n) is 5.37. The maximum absolute atomic E-state index is 4.70. The van der Waals surface area contributed by atoms with Crippen molar-refractivity contribution in [1.29, 1.82) is 0 Å².